The quantitative estimate of drug-likeness (QED) is 0.845. The maximum Gasteiger partial charge on any atom is 0.0701 e. The van der Waals surface area contributed by atoms with E-state index in [1.165, 1.54) is 50.0 Å². The molecule has 1 spiro atoms. The molecule has 0 aromatic heterocycles. The number of rotatable bonds is 5. The average Bonchev–Trinajstić information content (AvgIpc) is 3.03. The Morgan fingerprint density at radius 1 is 1.19 bits per heavy atom. The van der Waals surface area contributed by atoms with Gasteiger partial charge in [0, 0.05) is 25.2 Å². The zero-order valence-electron chi connectivity index (χ0n) is 13.4. The van der Waals surface area contributed by atoms with E-state index in [1.54, 1.807) is 0 Å². The van der Waals surface area contributed by atoms with Gasteiger partial charge in [-0.2, -0.15) is 11.8 Å². The van der Waals surface area contributed by atoms with Crippen LogP contribution >= 0.6 is 11.8 Å². The van der Waals surface area contributed by atoms with Crippen LogP contribution in [-0.4, -0.2) is 49.5 Å². The topological polar surface area (TPSA) is 30.5 Å². The highest BCUT2D eigenvalue weighted by atomic mass is 32.2. The van der Waals surface area contributed by atoms with E-state index in [4.69, 9.17) is 9.47 Å². The van der Waals surface area contributed by atoms with Crippen molar-refractivity contribution in [1.29, 1.82) is 0 Å². The Morgan fingerprint density at radius 2 is 2.00 bits per heavy atom. The molecule has 3 atom stereocenters. The maximum absolute atomic E-state index is 6.28. The van der Waals surface area contributed by atoms with E-state index in [0.29, 0.717) is 6.04 Å². The Morgan fingerprint density at radius 3 is 2.71 bits per heavy atom. The molecule has 3 heterocycles. The zero-order valence-corrected chi connectivity index (χ0v) is 14.3. The number of thioether (sulfide) groups is 1. The fourth-order valence-electron chi connectivity index (χ4n) is 4.33. The molecule has 0 radical (unpaired) electrons. The molecule has 0 aromatic carbocycles. The van der Waals surface area contributed by atoms with Crippen molar-refractivity contribution in [2.24, 2.45) is 11.8 Å². The molecule has 0 amide bonds. The Hall–Kier alpha value is 0.230. The lowest BCUT2D eigenvalue weighted by Gasteiger charge is -2.46. The van der Waals surface area contributed by atoms with E-state index in [2.05, 4.69) is 24.0 Å². The molecule has 0 aromatic rings. The third-order valence-corrected chi connectivity index (χ3v) is 6.53. The van der Waals surface area contributed by atoms with Crippen molar-refractivity contribution in [2.45, 2.75) is 57.1 Å². The summed E-state index contributed by atoms with van der Waals surface area (Å²) in [6.07, 6.45) is 7.47. The van der Waals surface area contributed by atoms with Gasteiger partial charge in [-0.3, -0.25) is 0 Å². The van der Waals surface area contributed by atoms with E-state index in [1.807, 2.05) is 0 Å². The van der Waals surface area contributed by atoms with Crippen LogP contribution in [0.15, 0.2) is 0 Å². The van der Waals surface area contributed by atoms with Gasteiger partial charge in [-0.1, -0.05) is 6.92 Å². The largest absolute Gasteiger partial charge is 0.381 e. The summed E-state index contributed by atoms with van der Waals surface area (Å²) in [5.41, 5.74) is 0.208. The third-order valence-electron chi connectivity index (χ3n) is 5.55. The van der Waals surface area contributed by atoms with Gasteiger partial charge >= 0.3 is 0 Å². The zero-order chi connectivity index (χ0) is 14.5. The minimum absolute atomic E-state index is 0.208. The minimum atomic E-state index is 0.208. The van der Waals surface area contributed by atoms with Gasteiger partial charge in [0.15, 0.2) is 0 Å². The lowest BCUT2D eigenvalue weighted by atomic mass is 9.75. The van der Waals surface area contributed by atoms with Crippen LogP contribution in [0.25, 0.3) is 0 Å². The van der Waals surface area contributed by atoms with Crippen molar-refractivity contribution in [3.63, 3.8) is 0 Å². The normalized spacial score (nSPS) is 34.1. The first kappa shape index (κ1) is 16.1. The summed E-state index contributed by atoms with van der Waals surface area (Å²) < 4.78 is 12.0. The molecule has 0 saturated carbocycles. The van der Waals surface area contributed by atoms with Gasteiger partial charge in [-0.15, -0.1) is 0 Å². The van der Waals surface area contributed by atoms with Crippen molar-refractivity contribution in [1.82, 2.24) is 5.32 Å². The SMILES string of the molecule is CCCNC(C1CCOC1)C1CCOC2(CCSCC2)C1. The highest BCUT2D eigenvalue weighted by Crippen LogP contribution is 2.42. The highest BCUT2D eigenvalue weighted by molar-refractivity contribution is 7.99. The molecule has 21 heavy (non-hydrogen) atoms. The van der Waals surface area contributed by atoms with E-state index in [-0.39, 0.29) is 5.60 Å². The number of ether oxygens (including phenoxy) is 2. The van der Waals surface area contributed by atoms with E-state index in [9.17, 15) is 0 Å². The van der Waals surface area contributed by atoms with Crippen LogP contribution in [0.4, 0.5) is 0 Å². The molecule has 3 aliphatic heterocycles. The molecule has 4 heteroatoms. The smallest absolute Gasteiger partial charge is 0.0701 e. The van der Waals surface area contributed by atoms with Crippen LogP contribution in [0, 0.1) is 11.8 Å². The molecule has 1 N–H and O–H groups in total. The van der Waals surface area contributed by atoms with E-state index in [0.717, 1.165) is 38.2 Å². The first-order valence-electron chi connectivity index (χ1n) is 8.86. The second kappa shape index (κ2) is 7.67. The minimum Gasteiger partial charge on any atom is -0.381 e. The van der Waals surface area contributed by atoms with Crippen LogP contribution in [-0.2, 0) is 9.47 Å². The second-order valence-corrected chi connectivity index (χ2v) is 8.23. The van der Waals surface area contributed by atoms with Crippen molar-refractivity contribution in [3.05, 3.63) is 0 Å². The first-order chi connectivity index (χ1) is 10.3. The summed E-state index contributed by atoms with van der Waals surface area (Å²) in [7, 11) is 0. The fourth-order valence-corrected chi connectivity index (χ4v) is 5.57. The maximum atomic E-state index is 6.28. The predicted octanol–water partition coefficient (Wildman–Crippen LogP) is 3.08. The molecule has 3 aliphatic rings. The molecule has 122 valence electrons. The van der Waals surface area contributed by atoms with Crippen molar-refractivity contribution in [3.8, 4) is 0 Å². The van der Waals surface area contributed by atoms with E-state index < -0.39 is 0 Å². The average molecular weight is 314 g/mol. The Bertz CT molecular complexity index is 308. The molecule has 3 nitrogen and oxygen atoms in total. The van der Waals surface area contributed by atoms with E-state index >= 15 is 0 Å². The molecular weight excluding hydrogens is 282 g/mol. The number of hydrogen-bond donors (Lipinski definition) is 1. The van der Waals surface area contributed by atoms with Crippen molar-refractivity contribution in [2.75, 3.05) is 37.9 Å². The highest BCUT2D eigenvalue weighted by Gasteiger charge is 2.43. The van der Waals surface area contributed by atoms with Crippen LogP contribution in [0.3, 0.4) is 0 Å². The molecule has 3 rings (SSSR count). The fraction of sp³-hybridized carbons (Fsp3) is 1.00. The first-order valence-corrected chi connectivity index (χ1v) is 10.0. The number of nitrogens with one attached hydrogen (secondary N) is 1. The molecule has 0 aliphatic carbocycles. The van der Waals surface area contributed by atoms with Gasteiger partial charge in [0.05, 0.1) is 12.2 Å². The van der Waals surface area contributed by atoms with Crippen LogP contribution in [0.2, 0.25) is 0 Å². The number of hydrogen-bond acceptors (Lipinski definition) is 4. The van der Waals surface area contributed by atoms with Gasteiger partial charge < -0.3 is 14.8 Å². The Balaban J connectivity index is 1.65. The summed E-state index contributed by atoms with van der Waals surface area (Å²) in [5.74, 6) is 4.06. The van der Waals surface area contributed by atoms with Crippen LogP contribution < -0.4 is 5.32 Å². The summed E-state index contributed by atoms with van der Waals surface area (Å²) in [4.78, 5) is 0. The molecule has 3 fully saturated rings. The summed E-state index contributed by atoms with van der Waals surface area (Å²) in [5, 5.41) is 3.86. The van der Waals surface area contributed by atoms with Gasteiger partial charge in [-0.25, -0.2) is 0 Å². The summed E-state index contributed by atoms with van der Waals surface area (Å²) >= 11 is 2.10. The third kappa shape index (κ3) is 3.95. The second-order valence-electron chi connectivity index (χ2n) is 7.00. The predicted molar refractivity (Wildman–Crippen MR) is 89.0 cm³/mol. The van der Waals surface area contributed by atoms with Crippen molar-refractivity contribution < 1.29 is 9.47 Å². The lowest BCUT2D eigenvalue weighted by Crippen LogP contribution is -2.51. The lowest BCUT2D eigenvalue weighted by molar-refractivity contribution is -0.110. The van der Waals surface area contributed by atoms with Gasteiger partial charge in [0.2, 0.25) is 0 Å². The Kier molecular flexibility index (Phi) is 5.88. The van der Waals surface area contributed by atoms with Gasteiger partial charge in [-0.05, 0) is 62.5 Å². The standard InChI is InChI=1S/C17H31NO2S/c1-2-7-18-16(15-3-8-19-13-15)14-4-9-20-17(12-14)5-10-21-11-6-17/h14-16,18H,2-13H2,1H3. The molecule has 0 bridgehead atoms. The summed E-state index contributed by atoms with van der Waals surface area (Å²) in [6, 6.07) is 0.641. The van der Waals surface area contributed by atoms with Crippen LogP contribution in [0.5, 0.6) is 0 Å². The van der Waals surface area contributed by atoms with Gasteiger partial charge in [0.1, 0.15) is 0 Å². The summed E-state index contributed by atoms with van der Waals surface area (Å²) in [6.45, 7) is 6.29. The molecular formula is C17H31NO2S. The van der Waals surface area contributed by atoms with Crippen molar-refractivity contribution >= 4 is 11.8 Å². The van der Waals surface area contributed by atoms with Gasteiger partial charge in [0.25, 0.3) is 0 Å². The Labute approximate surface area is 133 Å². The molecule has 3 saturated heterocycles. The monoisotopic (exact) mass is 313 g/mol. The van der Waals surface area contributed by atoms with Crippen LogP contribution in [0.1, 0.15) is 45.4 Å². The molecule has 3 unspecified atom stereocenters.